The molecular weight excluding hydrogens is 536 g/mol. The third-order valence-corrected chi connectivity index (χ3v) is 8.05. The lowest BCUT2D eigenvalue weighted by Crippen LogP contribution is -2.30. The molecule has 178 valence electrons. The van der Waals surface area contributed by atoms with E-state index in [0.29, 0.717) is 9.54 Å². The van der Waals surface area contributed by atoms with Crippen molar-refractivity contribution in [1.29, 1.82) is 0 Å². The Morgan fingerprint density at radius 2 is 1.85 bits per heavy atom. The van der Waals surface area contributed by atoms with Gasteiger partial charge in [-0.25, -0.2) is 13.4 Å². The first-order valence-electron chi connectivity index (χ1n) is 9.96. The van der Waals surface area contributed by atoms with Crippen LogP contribution in [0.4, 0.5) is 10.8 Å². The molecule has 2 amide bonds. The summed E-state index contributed by atoms with van der Waals surface area (Å²) >= 11 is 4.09. The fraction of sp³-hybridized carbons (Fsp3) is 0.400. The number of amides is 2. The molecule has 1 fully saturated rings. The molecule has 0 radical (unpaired) electrons. The minimum atomic E-state index is -3.62. The van der Waals surface area contributed by atoms with Crippen LogP contribution in [0.15, 0.2) is 22.0 Å². The van der Waals surface area contributed by atoms with Crippen LogP contribution in [-0.4, -0.2) is 44.4 Å². The van der Waals surface area contributed by atoms with Gasteiger partial charge in [-0.05, 0) is 47.0 Å². The number of Topliss-reactive ketones (excluding diaryl/α,β-unsaturated/α-hetero) is 1. The molecule has 0 spiro atoms. The summed E-state index contributed by atoms with van der Waals surface area (Å²) < 4.78 is 28.9. The molecule has 1 aromatic heterocycles. The first kappa shape index (κ1) is 25.3. The molecule has 4 N–H and O–H groups in total. The second-order valence-electron chi connectivity index (χ2n) is 7.59. The average molecular weight is 559 g/mol. The molecule has 13 heteroatoms. The Bertz CT molecular complexity index is 1190. The summed E-state index contributed by atoms with van der Waals surface area (Å²) in [6.07, 6.45) is 4.47. The lowest BCUT2D eigenvalue weighted by molar-refractivity contribution is -0.133. The molecule has 1 heterocycles. The Morgan fingerprint density at radius 3 is 2.45 bits per heavy atom. The summed E-state index contributed by atoms with van der Waals surface area (Å²) in [5, 5.41) is 3.40. The van der Waals surface area contributed by atoms with E-state index >= 15 is 0 Å². The van der Waals surface area contributed by atoms with Gasteiger partial charge in [0, 0.05) is 17.7 Å². The number of halogens is 1. The number of methoxy groups -OCH3 is 1. The zero-order valence-electron chi connectivity index (χ0n) is 17.9. The highest BCUT2D eigenvalue weighted by atomic mass is 79.9. The van der Waals surface area contributed by atoms with Gasteiger partial charge in [-0.2, -0.15) is 0 Å². The van der Waals surface area contributed by atoms with Crippen molar-refractivity contribution in [3.8, 4) is 5.75 Å². The van der Waals surface area contributed by atoms with Crippen LogP contribution in [0.2, 0.25) is 0 Å². The molecule has 1 aliphatic rings. The van der Waals surface area contributed by atoms with E-state index in [1.807, 2.05) is 0 Å². The van der Waals surface area contributed by atoms with Crippen molar-refractivity contribution in [3.63, 3.8) is 0 Å². The number of nitrogens with zero attached hydrogens (tertiary/aromatic N) is 1. The van der Waals surface area contributed by atoms with Crippen LogP contribution >= 0.6 is 27.3 Å². The number of carbonyl (C=O) groups excluding carboxylic acids is 3. The molecule has 1 aliphatic carbocycles. The first-order chi connectivity index (χ1) is 15.5. The highest BCUT2D eigenvalue weighted by molar-refractivity contribution is 9.11. The number of nitrogens with two attached hydrogens (primary N) is 1. The molecule has 0 aliphatic heterocycles. The number of anilines is 2. The average Bonchev–Trinajstić information content (AvgIpc) is 3.42. The normalized spacial score (nSPS) is 15.2. The van der Waals surface area contributed by atoms with Crippen molar-refractivity contribution in [3.05, 3.63) is 33.2 Å². The number of carbonyl (C=O) groups is 3. The topological polar surface area (TPSA) is 158 Å². The Kier molecular flexibility index (Phi) is 7.88. The summed E-state index contributed by atoms with van der Waals surface area (Å²) in [5.74, 6) is -1.83. The number of benzene rings is 1. The summed E-state index contributed by atoms with van der Waals surface area (Å²) in [6.45, 7) is 0. The van der Waals surface area contributed by atoms with Gasteiger partial charge in [-0.3, -0.25) is 19.7 Å². The van der Waals surface area contributed by atoms with Crippen LogP contribution in [0, 0.1) is 5.92 Å². The van der Waals surface area contributed by atoms with E-state index in [9.17, 15) is 22.8 Å². The van der Waals surface area contributed by atoms with Crippen LogP contribution in [-0.2, 0) is 19.4 Å². The molecule has 33 heavy (non-hydrogen) atoms. The monoisotopic (exact) mass is 558 g/mol. The number of aromatic nitrogens is 1. The van der Waals surface area contributed by atoms with Crippen LogP contribution < -0.4 is 21.1 Å². The van der Waals surface area contributed by atoms with E-state index in [1.165, 1.54) is 13.2 Å². The standard InChI is InChI=1S/C20H23BrN4O6S2/c1-31-11-7-8-13(12(9-11)15(26)10-5-3-4-6-10)23-18(27)19(28)25-20-24-14(16(21)32-20)17(22)33(2,29)30/h7-10,17H,3-6,22H2,1-2H3,(H,23,27)(H,24,25,28). The van der Waals surface area contributed by atoms with Gasteiger partial charge in [0.05, 0.1) is 16.6 Å². The van der Waals surface area contributed by atoms with Crippen molar-refractivity contribution in [2.45, 2.75) is 31.1 Å². The Balaban J connectivity index is 1.76. The highest BCUT2D eigenvalue weighted by Crippen LogP contribution is 2.34. The molecule has 0 bridgehead atoms. The molecule has 1 aromatic carbocycles. The lowest BCUT2D eigenvalue weighted by atomic mass is 9.95. The van der Waals surface area contributed by atoms with Crippen molar-refractivity contribution >= 4 is 65.5 Å². The molecule has 1 unspecified atom stereocenters. The number of thiazole rings is 1. The third kappa shape index (κ3) is 5.96. The number of nitrogens with one attached hydrogen (secondary N) is 2. The lowest BCUT2D eigenvalue weighted by Gasteiger charge is -2.14. The van der Waals surface area contributed by atoms with Gasteiger partial charge in [0.1, 0.15) is 11.4 Å². The van der Waals surface area contributed by atoms with Crippen molar-refractivity contribution in [2.75, 3.05) is 24.0 Å². The predicted octanol–water partition coefficient (Wildman–Crippen LogP) is 2.87. The SMILES string of the molecule is COc1ccc(NC(=O)C(=O)Nc2nc(C(N)S(C)(=O)=O)c(Br)s2)c(C(=O)C2CCCC2)c1. The number of hydrogen-bond acceptors (Lipinski definition) is 9. The quantitative estimate of drug-likeness (QED) is 0.345. The van der Waals surface area contributed by atoms with Crippen molar-refractivity contribution < 1.29 is 27.5 Å². The van der Waals surface area contributed by atoms with Crippen molar-refractivity contribution in [1.82, 2.24) is 4.98 Å². The maximum Gasteiger partial charge on any atom is 0.315 e. The van der Waals surface area contributed by atoms with Gasteiger partial charge in [0.25, 0.3) is 0 Å². The minimum absolute atomic E-state index is 0.00638. The smallest absolute Gasteiger partial charge is 0.315 e. The second-order valence-corrected chi connectivity index (χ2v) is 12.1. The minimum Gasteiger partial charge on any atom is -0.497 e. The molecule has 3 rings (SSSR count). The Labute approximate surface area is 203 Å². The summed E-state index contributed by atoms with van der Waals surface area (Å²) in [5.41, 5.74) is 6.20. The number of hydrogen-bond donors (Lipinski definition) is 3. The molecule has 1 atom stereocenters. The number of sulfone groups is 1. The second kappa shape index (κ2) is 10.3. The Hall–Kier alpha value is -2.35. The van der Waals surface area contributed by atoms with E-state index in [4.69, 9.17) is 10.5 Å². The number of ether oxygens (including phenoxy) is 1. The summed E-state index contributed by atoms with van der Waals surface area (Å²) in [7, 11) is -2.15. The molecule has 10 nitrogen and oxygen atoms in total. The van der Waals surface area contributed by atoms with Crippen LogP contribution in [0.3, 0.4) is 0 Å². The van der Waals surface area contributed by atoms with E-state index in [0.717, 1.165) is 43.3 Å². The largest absolute Gasteiger partial charge is 0.497 e. The van der Waals surface area contributed by atoms with E-state index in [2.05, 4.69) is 31.5 Å². The highest BCUT2D eigenvalue weighted by Gasteiger charge is 2.28. The molecule has 2 aromatic rings. The van der Waals surface area contributed by atoms with Gasteiger partial charge in [-0.15, -0.1) is 0 Å². The summed E-state index contributed by atoms with van der Waals surface area (Å²) in [4.78, 5) is 42.0. The van der Waals surface area contributed by atoms with Crippen molar-refractivity contribution in [2.24, 2.45) is 11.7 Å². The molecule has 0 saturated heterocycles. The first-order valence-corrected chi connectivity index (χ1v) is 13.5. The number of ketones is 1. The van der Waals surface area contributed by atoms with Crippen LogP contribution in [0.1, 0.15) is 47.1 Å². The third-order valence-electron chi connectivity index (χ3n) is 5.23. The van der Waals surface area contributed by atoms with Gasteiger partial charge < -0.3 is 15.8 Å². The number of rotatable bonds is 7. The van der Waals surface area contributed by atoms with Crippen LogP contribution in [0.25, 0.3) is 0 Å². The van der Waals surface area contributed by atoms with Gasteiger partial charge in [0.2, 0.25) is 0 Å². The zero-order chi connectivity index (χ0) is 24.3. The van der Waals surface area contributed by atoms with Gasteiger partial charge in [-0.1, -0.05) is 24.2 Å². The maximum atomic E-state index is 13.0. The Morgan fingerprint density at radius 1 is 1.21 bits per heavy atom. The summed E-state index contributed by atoms with van der Waals surface area (Å²) in [6, 6.07) is 4.64. The predicted molar refractivity (Wildman–Crippen MR) is 128 cm³/mol. The fourth-order valence-corrected chi connectivity index (χ4v) is 5.78. The fourth-order valence-electron chi connectivity index (χ4n) is 3.45. The van der Waals surface area contributed by atoms with E-state index in [-0.39, 0.29) is 33.8 Å². The molecule has 1 saturated carbocycles. The van der Waals surface area contributed by atoms with E-state index in [1.54, 1.807) is 12.1 Å². The molecular formula is C20H23BrN4O6S2. The zero-order valence-corrected chi connectivity index (χ0v) is 21.1. The van der Waals surface area contributed by atoms with Gasteiger partial charge >= 0.3 is 11.8 Å². The van der Waals surface area contributed by atoms with Gasteiger partial charge in [0.15, 0.2) is 26.1 Å². The van der Waals surface area contributed by atoms with Crippen LogP contribution in [0.5, 0.6) is 5.75 Å². The van der Waals surface area contributed by atoms with E-state index < -0.39 is 27.0 Å². The maximum absolute atomic E-state index is 13.0.